The van der Waals surface area contributed by atoms with Gasteiger partial charge in [-0.3, -0.25) is 10.1 Å². The lowest BCUT2D eigenvalue weighted by atomic mass is 9.91. The first kappa shape index (κ1) is 30.0. The van der Waals surface area contributed by atoms with Crippen LogP contribution in [0.15, 0.2) is 146 Å². The van der Waals surface area contributed by atoms with Gasteiger partial charge in [-0.25, -0.2) is 9.97 Å². The summed E-state index contributed by atoms with van der Waals surface area (Å²) in [6, 6.07) is 45.1. The summed E-state index contributed by atoms with van der Waals surface area (Å²) in [6.07, 6.45) is 4.10. The molecule has 4 aromatic carbocycles. The molecule has 3 aromatic heterocycles. The molecule has 0 fully saturated rings. The molecule has 2 unspecified atom stereocenters. The van der Waals surface area contributed by atoms with Gasteiger partial charge in [-0.2, -0.15) is 0 Å². The average Bonchev–Trinajstić information content (AvgIpc) is 4.02. The van der Waals surface area contributed by atoms with Crippen LogP contribution in [0, 0.1) is 10.1 Å². The number of fused-ring (bicyclic) bond motifs is 8. The van der Waals surface area contributed by atoms with Crippen LogP contribution in [0.5, 0.6) is 0 Å². The van der Waals surface area contributed by atoms with E-state index in [0.717, 1.165) is 55.8 Å². The zero-order valence-electron chi connectivity index (χ0n) is 29.2. The van der Waals surface area contributed by atoms with Crippen molar-refractivity contribution in [3.05, 3.63) is 178 Å². The second kappa shape index (κ2) is 12.8. The normalized spacial score (nSPS) is 16.8. The van der Waals surface area contributed by atoms with Crippen LogP contribution in [0.3, 0.4) is 0 Å². The number of H-pyrrole nitrogens is 2. The monoisotopic (exact) mass is 676 g/mol. The molecule has 0 radical (unpaired) electrons. The van der Waals surface area contributed by atoms with Crippen molar-refractivity contribution in [3.8, 4) is 44.5 Å². The molecule has 0 saturated heterocycles. The maximum atomic E-state index is 13.3. The van der Waals surface area contributed by atoms with Crippen LogP contribution < -0.4 is 0 Å². The molecule has 7 nitrogen and oxygen atoms in total. The molecular weight excluding hydrogens is 643 g/mol. The molecule has 2 atom stereocenters. The minimum atomic E-state index is -2.30. The van der Waals surface area contributed by atoms with E-state index in [1.807, 2.05) is 127 Å². The predicted octanol–water partition coefficient (Wildman–Crippen LogP) is 11.3. The van der Waals surface area contributed by atoms with Crippen LogP contribution in [0.4, 0.5) is 0 Å². The molecule has 52 heavy (non-hydrogen) atoms. The third-order valence-electron chi connectivity index (χ3n) is 9.84. The third kappa shape index (κ3) is 5.31. The van der Waals surface area contributed by atoms with E-state index in [9.17, 15) is 11.5 Å². The number of aromatic amines is 2. The summed E-state index contributed by atoms with van der Waals surface area (Å²) >= 11 is 0. The summed E-state index contributed by atoms with van der Waals surface area (Å²) in [4.78, 5) is 30.6. The molecule has 2 N–H and O–H groups in total. The number of nitro groups is 1. The van der Waals surface area contributed by atoms with E-state index in [0.29, 0.717) is 27.9 Å². The van der Waals surface area contributed by atoms with Gasteiger partial charge in [0.25, 0.3) is 6.02 Å². The highest BCUT2D eigenvalue weighted by Crippen LogP contribution is 2.46. The van der Waals surface area contributed by atoms with Gasteiger partial charge in [0.05, 0.1) is 23.0 Å². The number of hydrogen-bond donors (Lipinski definition) is 2. The maximum Gasteiger partial charge on any atom is 0.263 e. The van der Waals surface area contributed by atoms with Crippen LogP contribution in [0.2, 0.25) is 0 Å². The average molecular weight is 677 g/mol. The van der Waals surface area contributed by atoms with Crippen molar-refractivity contribution in [2.24, 2.45) is 0 Å². The van der Waals surface area contributed by atoms with Crippen LogP contribution in [0.25, 0.3) is 78.7 Å². The first-order valence-corrected chi connectivity index (χ1v) is 17.3. The van der Waals surface area contributed by atoms with Gasteiger partial charge < -0.3 is 9.97 Å². The van der Waals surface area contributed by atoms with Crippen molar-refractivity contribution in [3.63, 3.8) is 0 Å². The van der Waals surface area contributed by atoms with Crippen molar-refractivity contribution in [1.29, 1.82) is 0 Å². The van der Waals surface area contributed by atoms with Crippen LogP contribution in [-0.4, -0.2) is 24.9 Å². The zero-order chi connectivity index (χ0) is 36.1. The first-order valence-electron chi connectivity index (χ1n) is 17.8. The molecule has 7 aromatic rings. The Hall–Kier alpha value is -6.86. The lowest BCUT2D eigenvalue weighted by Gasteiger charge is -2.13. The van der Waals surface area contributed by atoms with E-state index in [1.54, 1.807) is 6.92 Å². The fourth-order valence-electron chi connectivity index (χ4n) is 7.49. The van der Waals surface area contributed by atoms with E-state index in [4.69, 9.17) is 9.97 Å². The molecule has 5 heterocycles. The van der Waals surface area contributed by atoms with Gasteiger partial charge in [0.1, 0.15) is 7.06 Å². The second-order valence-corrected chi connectivity index (χ2v) is 13.0. The number of benzene rings is 4. The van der Waals surface area contributed by atoms with Crippen LogP contribution in [0.1, 0.15) is 43.0 Å². The molecule has 250 valence electrons. The molecule has 2 aliphatic heterocycles. The van der Waals surface area contributed by atoms with Gasteiger partial charge in [0, 0.05) is 49.2 Å². The fourth-order valence-corrected chi connectivity index (χ4v) is 7.49. The summed E-state index contributed by atoms with van der Waals surface area (Å²) < 4.78 is 9.75. The Balaban J connectivity index is 1.54. The van der Waals surface area contributed by atoms with E-state index in [2.05, 4.69) is 40.3 Å². The second-order valence-electron chi connectivity index (χ2n) is 13.0. The number of hydrogen-bond acceptors (Lipinski definition) is 4. The van der Waals surface area contributed by atoms with Crippen molar-refractivity contribution in [1.82, 2.24) is 19.9 Å². The van der Waals surface area contributed by atoms with Gasteiger partial charge in [0.2, 0.25) is 0 Å². The molecule has 0 spiro atoms. The number of aromatic nitrogens is 4. The lowest BCUT2D eigenvalue weighted by Crippen LogP contribution is -2.14. The molecule has 8 bridgehead atoms. The maximum absolute atomic E-state index is 13.3. The number of rotatable bonds is 5. The van der Waals surface area contributed by atoms with Crippen molar-refractivity contribution < 1.29 is 6.29 Å². The highest BCUT2D eigenvalue weighted by Gasteiger charge is 2.42. The Morgan fingerprint density at radius 3 is 1.25 bits per heavy atom. The van der Waals surface area contributed by atoms with Gasteiger partial charge in [-0.05, 0) is 65.6 Å². The number of nitrogens with one attached hydrogen (secondary N) is 2. The summed E-state index contributed by atoms with van der Waals surface area (Å²) in [5.41, 5.74) is 11.5. The van der Waals surface area contributed by atoms with E-state index >= 15 is 0 Å². The topological polar surface area (TPSA) is 100 Å². The van der Waals surface area contributed by atoms with Gasteiger partial charge in [-0.15, -0.1) is 0 Å². The lowest BCUT2D eigenvalue weighted by molar-refractivity contribution is -0.531. The minimum absolute atomic E-state index is 0.0726. The molecule has 0 aliphatic carbocycles. The van der Waals surface area contributed by atoms with Crippen LogP contribution >= 0.6 is 0 Å². The van der Waals surface area contributed by atoms with Crippen molar-refractivity contribution in [2.45, 2.75) is 18.9 Å². The summed E-state index contributed by atoms with van der Waals surface area (Å²) in [5.74, 6) is -0.916. The Labute approximate surface area is 301 Å². The van der Waals surface area contributed by atoms with Gasteiger partial charge in [0.15, 0.2) is 0 Å². The van der Waals surface area contributed by atoms with Gasteiger partial charge in [-0.1, -0.05) is 121 Å². The van der Waals surface area contributed by atoms with Crippen LogP contribution in [-0.2, 0) is 0 Å². The predicted molar refractivity (Wildman–Crippen MR) is 210 cm³/mol. The Kier molecular flexibility index (Phi) is 7.38. The standard InChI is InChI=1S/C45H33N5O2/c1-28-43-41(31-18-10-4-11-19-31)37-26-24-35(47-37)39(29-14-6-2-7-15-29)33-22-23-34(46-33)40(30-16-8-3-9-17-30)36-25-27-38(48-36)42(32-20-12-5-13-21-32)44(49-43)45(28)50(51)52/h2-28,45,47-48H,1H3/i45D. The Bertz CT molecular complexity index is 2730. The summed E-state index contributed by atoms with van der Waals surface area (Å²) in [7, 11) is 0. The Morgan fingerprint density at radius 1 is 0.519 bits per heavy atom. The van der Waals surface area contributed by atoms with Gasteiger partial charge >= 0.3 is 0 Å². The molecule has 7 heteroatoms. The Morgan fingerprint density at radius 2 is 0.865 bits per heavy atom. The van der Waals surface area contributed by atoms with E-state index in [-0.39, 0.29) is 5.69 Å². The molecule has 0 saturated carbocycles. The summed E-state index contributed by atoms with van der Waals surface area (Å²) in [6.45, 7) is 1.74. The summed E-state index contributed by atoms with van der Waals surface area (Å²) in [5, 5.41) is 13.3. The first-order chi connectivity index (χ1) is 25.9. The largest absolute Gasteiger partial charge is 0.354 e. The van der Waals surface area contributed by atoms with E-state index in [1.165, 1.54) is 0 Å². The molecule has 2 aliphatic rings. The minimum Gasteiger partial charge on any atom is -0.354 e. The highest BCUT2D eigenvalue weighted by molar-refractivity contribution is 5.97. The quantitative estimate of drug-likeness (QED) is 0.140. The SMILES string of the molecule is [2H]C1([N+](=O)[O-])c2nc(c(-c3ccccc3)c3ccc([nH]3)c(-c3ccccc3)c3nc(c(-c4ccccc4)c4ccc([nH]4)c2-c2ccccc2)C=C3)C1C. The third-order valence-corrected chi connectivity index (χ3v) is 9.84. The molecule has 9 rings (SSSR count). The molecule has 0 amide bonds. The van der Waals surface area contributed by atoms with E-state index < -0.39 is 16.9 Å². The zero-order valence-corrected chi connectivity index (χ0v) is 28.2. The number of nitrogens with zero attached hydrogens (tertiary/aromatic N) is 3. The molecular formula is C45H33N5O2. The van der Waals surface area contributed by atoms with Crippen molar-refractivity contribution >= 4 is 34.2 Å². The fraction of sp³-hybridized carbons (Fsp3) is 0.0667. The smallest absolute Gasteiger partial charge is 0.263 e. The highest BCUT2D eigenvalue weighted by atomic mass is 16.6. The van der Waals surface area contributed by atoms with Crippen molar-refractivity contribution in [2.75, 3.05) is 0 Å².